The summed E-state index contributed by atoms with van der Waals surface area (Å²) >= 11 is 3.49. The Bertz CT molecular complexity index is 508. The van der Waals surface area contributed by atoms with Gasteiger partial charge < -0.3 is 15.4 Å². The molecule has 0 aliphatic rings. The van der Waals surface area contributed by atoms with Gasteiger partial charge in [-0.3, -0.25) is 0 Å². The Labute approximate surface area is 148 Å². The van der Waals surface area contributed by atoms with Gasteiger partial charge in [-0.25, -0.2) is 4.79 Å². The fourth-order valence-corrected chi connectivity index (χ4v) is 2.75. The average molecular weight is 385 g/mol. The molecule has 5 heteroatoms. The van der Waals surface area contributed by atoms with Crippen LogP contribution in [0.3, 0.4) is 0 Å². The number of amides is 1. The minimum Gasteiger partial charge on any atom is -0.444 e. The molecular formula is C18H29BrN2O2. The lowest BCUT2D eigenvalue weighted by atomic mass is 9.92. The summed E-state index contributed by atoms with van der Waals surface area (Å²) in [4.78, 5) is 11.9. The second kappa shape index (κ2) is 8.69. The third kappa shape index (κ3) is 7.36. The second-order valence-electron chi connectivity index (χ2n) is 6.83. The highest BCUT2D eigenvalue weighted by molar-refractivity contribution is 9.10. The highest BCUT2D eigenvalue weighted by Crippen LogP contribution is 2.17. The van der Waals surface area contributed by atoms with Crippen LogP contribution in [0.2, 0.25) is 0 Å². The Kier molecular flexibility index (Phi) is 7.55. The molecule has 130 valence electrons. The highest BCUT2D eigenvalue weighted by atomic mass is 79.9. The summed E-state index contributed by atoms with van der Waals surface area (Å²) in [5.74, 6) is 0. The largest absolute Gasteiger partial charge is 0.444 e. The smallest absolute Gasteiger partial charge is 0.407 e. The number of hydrogen-bond donors (Lipinski definition) is 2. The molecule has 2 N–H and O–H groups in total. The minimum absolute atomic E-state index is 0.140. The molecular weight excluding hydrogens is 356 g/mol. The zero-order valence-corrected chi connectivity index (χ0v) is 16.4. The van der Waals surface area contributed by atoms with E-state index in [4.69, 9.17) is 4.74 Å². The van der Waals surface area contributed by atoms with E-state index in [0.717, 1.165) is 23.9 Å². The van der Waals surface area contributed by atoms with Crippen LogP contribution >= 0.6 is 15.9 Å². The summed E-state index contributed by atoms with van der Waals surface area (Å²) in [7, 11) is 0. The Balaban J connectivity index is 2.62. The normalized spacial score (nSPS) is 12.1. The average Bonchev–Trinajstić information content (AvgIpc) is 2.46. The number of rotatable bonds is 7. The maximum absolute atomic E-state index is 11.9. The van der Waals surface area contributed by atoms with E-state index in [1.54, 1.807) is 0 Å². The highest BCUT2D eigenvalue weighted by Gasteiger charge is 2.27. The number of nitrogens with one attached hydrogen (secondary N) is 2. The van der Waals surface area contributed by atoms with Gasteiger partial charge in [0.1, 0.15) is 5.60 Å². The standard InChI is InChI=1S/C18H29BrN2O2/c1-6-18(7-2,13-20-16(22)23-17(3,4)5)21-12-14-9-8-10-15(19)11-14/h8-11,21H,6-7,12-13H2,1-5H3,(H,20,22). The van der Waals surface area contributed by atoms with Crippen molar-refractivity contribution in [3.63, 3.8) is 0 Å². The summed E-state index contributed by atoms with van der Waals surface area (Å²) in [6, 6.07) is 8.24. The first kappa shape index (κ1) is 20.0. The predicted octanol–water partition coefficient (Wildman–Crippen LogP) is 4.62. The number of hydrogen-bond acceptors (Lipinski definition) is 3. The molecule has 0 fully saturated rings. The molecule has 0 saturated carbocycles. The van der Waals surface area contributed by atoms with Crippen LogP contribution in [0, 0.1) is 0 Å². The number of carbonyl (C=O) groups excluding carboxylic acids is 1. The van der Waals surface area contributed by atoms with E-state index < -0.39 is 5.60 Å². The van der Waals surface area contributed by atoms with Gasteiger partial charge in [0, 0.05) is 23.1 Å². The summed E-state index contributed by atoms with van der Waals surface area (Å²) in [5.41, 5.74) is 0.594. The van der Waals surface area contributed by atoms with Crippen LogP contribution in [0.25, 0.3) is 0 Å². The molecule has 1 aromatic carbocycles. The number of carbonyl (C=O) groups is 1. The number of alkyl carbamates (subject to hydrolysis) is 1. The van der Waals surface area contributed by atoms with Gasteiger partial charge in [-0.15, -0.1) is 0 Å². The SMILES string of the molecule is CCC(CC)(CNC(=O)OC(C)(C)C)NCc1cccc(Br)c1. The molecule has 0 radical (unpaired) electrons. The quantitative estimate of drug-likeness (QED) is 0.720. The van der Waals surface area contributed by atoms with Gasteiger partial charge in [0.25, 0.3) is 0 Å². The van der Waals surface area contributed by atoms with Crippen molar-refractivity contribution in [2.24, 2.45) is 0 Å². The van der Waals surface area contributed by atoms with E-state index in [2.05, 4.69) is 52.5 Å². The lowest BCUT2D eigenvalue weighted by Crippen LogP contribution is -2.53. The summed E-state index contributed by atoms with van der Waals surface area (Å²) in [6.07, 6.45) is 1.48. The molecule has 1 aromatic rings. The first-order valence-corrected chi connectivity index (χ1v) is 8.95. The topological polar surface area (TPSA) is 50.4 Å². The van der Waals surface area contributed by atoms with E-state index >= 15 is 0 Å². The molecule has 0 bridgehead atoms. The van der Waals surface area contributed by atoms with Gasteiger partial charge in [0.05, 0.1) is 0 Å². The van der Waals surface area contributed by atoms with Crippen molar-refractivity contribution in [3.05, 3.63) is 34.3 Å². The number of ether oxygens (including phenoxy) is 1. The van der Waals surface area contributed by atoms with Crippen LogP contribution < -0.4 is 10.6 Å². The van der Waals surface area contributed by atoms with Crippen molar-refractivity contribution in [1.82, 2.24) is 10.6 Å². The third-order valence-electron chi connectivity index (χ3n) is 3.88. The Morgan fingerprint density at radius 2 is 1.87 bits per heavy atom. The molecule has 0 spiro atoms. The van der Waals surface area contributed by atoms with E-state index in [9.17, 15) is 4.79 Å². The van der Waals surface area contributed by atoms with Crippen molar-refractivity contribution < 1.29 is 9.53 Å². The second-order valence-corrected chi connectivity index (χ2v) is 7.74. The van der Waals surface area contributed by atoms with Gasteiger partial charge in [-0.2, -0.15) is 0 Å². The molecule has 4 nitrogen and oxygen atoms in total. The monoisotopic (exact) mass is 384 g/mol. The Hall–Kier alpha value is -1.07. The van der Waals surface area contributed by atoms with Crippen LogP contribution in [0.15, 0.2) is 28.7 Å². The summed E-state index contributed by atoms with van der Waals surface area (Å²) < 4.78 is 6.39. The lowest BCUT2D eigenvalue weighted by molar-refractivity contribution is 0.0507. The zero-order chi connectivity index (χ0) is 17.5. The predicted molar refractivity (Wildman–Crippen MR) is 98.5 cm³/mol. The van der Waals surface area contributed by atoms with Crippen LogP contribution in [-0.2, 0) is 11.3 Å². The molecule has 0 aliphatic carbocycles. The molecule has 0 aromatic heterocycles. The van der Waals surface area contributed by atoms with Crippen molar-refractivity contribution >= 4 is 22.0 Å². The summed E-state index contributed by atoms with van der Waals surface area (Å²) in [6.45, 7) is 11.2. The molecule has 1 rings (SSSR count). The molecule has 0 aliphatic heterocycles. The maximum Gasteiger partial charge on any atom is 0.407 e. The fraction of sp³-hybridized carbons (Fsp3) is 0.611. The van der Waals surface area contributed by atoms with Crippen LogP contribution in [0.1, 0.15) is 53.0 Å². The molecule has 1 amide bonds. The first-order chi connectivity index (χ1) is 10.7. The number of halogens is 1. The van der Waals surface area contributed by atoms with Crippen molar-refractivity contribution in [3.8, 4) is 0 Å². The number of benzene rings is 1. The summed E-state index contributed by atoms with van der Waals surface area (Å²) in [5, 5.41) is 6.50. The maximum atomic E-state index is 11.9. The molecule has 0 atom stereocenters. The first-order valence-electron chi connectivity index (χ1n) is 8.16. The van der Waals surface area contributed by atoms with Crippen LogP contribution in [0.5, 0.6) is 0 Å². The fourth-order valence-electron chi connectivity index (χ4n) is 2.30. The van der Waals surface area contributed by atoms with E-state index in [1.165, 1.54) is 5.56 Å². The molecule has 23 heavy (non-hydrogen) atoms. The zero-order valence-electron chi connectivity index (χ0n) is 14.8. The van der Waals surface area contributed by atoms with Crippen molar-refractivity contribution in [1.29, 1.82) is 0 Å². The molecule has 0 saturated heterocycles. The van der Waals surface area contributed by atoms with E-state index in [1.807, 2.05) is 32.9 Å². The van der Waals surface area contributed by atoms with Crippen molar-refractivity contribution in [2.45, 2.75) is 65.1 Å². The Morgan fingerprint density at radius 3 is 2.39 bits per heavy atom. The van der Waals surface area contributed by atoms with Gasteiger partial charge in [-0.1, -0.05) is 41.9 Å². The van der Waals surface area contributed by atoms with E-state index in [0.29, 0.717) is 6.54 Å². The van der Waals surface area contributed by atoms with Gasteiger partial charge in [0.2, 0.25) is 0 Å². The van der Waals surface area contributed by atoms with Gasteiger partial charge in [-0.05, 0) is 51.3 Å². The van der Waals surface area contributed by atoms with Crippen LogP contribution in [0.4, 0.5) is 4.79 Å². The van der Waals surface area contributed by atoms with Gasteiger partial charge >= 0.3 is 6.09 Å². The molecule has 0 heterocycles. The van der Waals surface area contributed by atoms with Gasteiger partial charge in [0.15, 0.2) is 0 Å². The minimum atomic E-state index is -0.477. The Morgan fingerprint density at radius 1 is 1.22 bits per heavy atom. The molecule has 0 unspecified atom stereocenters. The van der Waals surface area contributed by atoms with Crippen molar-refractivity contribution in [2.75, 3.05) is 6.54 Å². The van der Waals surface area contributed by atoms with E-state index in [-0.39, 0.29) is 11.6 Å². The third-order valence-corrected chi connectivity index (χ3v) is 4.37. The lowest BCUT2D eigenvalue weighted by Gasteiger charge is -2.34. The van der Waals surface area contributed by atoms with Crippen LogP contribution in [-0.4, -0.2) is 23.8 Å².